The van der Waals surface area contributed by atoms with E-state index in [9.17, 15) is 0 Å². The van der Waals surface area contributed by atoms with Gasteiger partial charge in [0.15, 0.2) is 5.82 Å². The number of aryl methyl sites for hydroxylation is 2. The van der Waals surface area contributed by atoms with Gasteiger partial charge in [0.1, 0.15) is 5.69 Å². The molecule has 2 heterocycles. The Morgan fingerprint density at radius 2 is 2.11 bits per heavy atom. The quantitative estimate of drug-likeness (QED) is 0.879. The van der Waals surface area contributed by atoms with Crippen molar-refractivity contribution in [3.05, 3.63) is 24.2 Å². The van der Waals surface area contributed by atoms with Gasteiger partial charge < -0.3 is 9.88 Å². The van der Waals surface area contributed by atoms with Crippen LogP contribution >= 0.6 is 0 Å². The zero-order valence-corrected chi connectivity index (χ0v) is 11.1. The van der Waals surface area contributed by atoms with E-state index < -0.39 is 0 Å². The highest BCUT2D eigenvalue weighted by atomic mass is 15.1. The normalized spacial score (nSPS) is 10.6. The Bertz CT molecular complexity index is 518. The molecule has 2 aromatic heterocycles. The van der Waals surface area contributed by atoms with Gasteiger partial charge in [0.05, 0.1) is 0 Å². The van der Waals surface area contributed by atoms with Crippen molar-refractivity contribution in [1.29, 1.82) is 0 Å². The molecule has 0 aliphatic carbocycles. The number of hydrogen-bond donors (Lipinski definition) is 1. The molecule has 2 aromatic rings. The topological polar surface area (TPSA) is 55.6 Å². The predicted molar refractivity (Wildman–Crippen MR) is 72.4 cm³/mol. The summed E-state index contributed by atoms with van der Waals surface area (Å²) in [5.74, 6) is 1.57. The van der Waals surface area contributed by atoms with Gasteiger partial charge in [-0.1, -0.05) is 6.92 Å². The lowest BCUT2D eigenvalue weighted by Gasteiger charge is -2.09. The molecule has 0 fully saturated rings. The molecule has 1 N–H and O–H groups in total. The van der Waals surface area contributed by atoms with Crippen LogP contribution in [0.3, 0.4) is 0 Å². The maximum Gasteiger partial charge on any atom is 0.223 e. The summed E-state index contributed by atoms with van der Waals surface area (Å²) in [6.45, 7) is 7.98. The van der Waals surface area contributed by atoms with E-state index in [1.54, 1.807) is 6.20 Å². The summed E-state index contributed by atoms with van der Waals surface area (Å²) in [7, 11) is 0. The van der Waals surface area contributed by atoms with Gasteiger partial charge >= 0.3 is 0 Å². The molecule has 0 bridgehead atoms. The van der Waals surface area contributed by atoms with Crippen LogP contribution in [0, 0.1) is 6.92 Å². The van der Waals surface area contributed by atoms with E-state index >= 15 is 0 Å². The van der Waals surface area contributed by atoms with Crippen molar-refractivity contribution in [1.82, 2.24) is 19.5 Å². The highest BCUT2D eigenvalue weighted by molar-refractivity contribution is 5.56. The van der Waals surface area contributed by atoms with Crippen molar-refractivity contribution < 1.29 is 0 Å². The average molecular weight is 245 g/mol. The molecule has 5 nitrogen and oxygen atoms in total. The minimum Gasteiger partial charge on any atom is -0.354 e. The van der Waals surface area contributed by atoms with Crippen LogP contribution in [0.4, 0.5) is 5.95 Å². The Labute approximate surface area is 107 Å². The van der Waals surface area contributed by atoms with Crippen LogP contribution < -0.4 is 5.32 Å². The third kappa shape index (κ3) is 2.50. The first-order chi connectivity index (χ1) is 8.76. The molecule has 0 aromatic carbocycles. The standard InChI is InChI=1S/C13H19N5/c1-4-6-15-13-16-9-10(3)11(17-13)12-14-7-8-18(12)5-2/h7-9H,4-6H2,1-3H3,(H,15,16,17). The lowest BCUT2D eigenvalue weighted by Crippen LogP contribution is -2.07. The summed E-state index contributed by atoms with van der Waals surface area (Å²) in [5.41, 5.74) is 1.94. The van der Waals surface area contributed by atoms with Crippen LogP contribution in [0.5, 0.6) is 0 Å². The Balaban J connectivity index is 2.37. The second-order valence-electron chi connectivity index (χ2n) is 4.19. The van der Waals surface area contributed by atoms with Crippen molar-refractivity contribution in [2.75, 3.05) is 11.9 Å². The van der Waals surface area contributed by atoms with Gasteiger partial charge in [-0.2, -0.15) is 0 Å². The lowest BCUT2D eigenvalue weighted by atomic mass is 10.2. The summed E-state index contributed by atoms with van der Waals surface area (Å²) in [6, 6.07) is 0. The van der Waals surface area contributed by atoms with Crippen LogP contribution in [0.2, 0.25) is 0 Å². The Morgan fingerprint density at radius 3 is 2.83 bits per heavy atom. The molecular weight excluding hydrogens is 226 g/mol. The van der Waals surface area contributed by atoms with E-state index in [0.717, 1.165) is 36.6 Å². The molecule has 0 amide bonds. The van der Waals surface area contributed by atoms with Crippen molar-refractivity contribution in [3.8, 4) is 11.5 Å². The smallest absolute Gasteiger partial charge is 0.223 e. The summed E-state index contributed by atoms with van der Waals surface area (Å²) in [5, 5.41) is 3.20. The fraction of sp³-hybridized carbons (Fsp3) is 0.462. The van der Waals surface area contributed by atoms with E-state index in [0.29, 0.717) is 5.95 Å². The summed E-state index contributed by atoms with van der Waals surface area (Å²) < 4.78 is 2.08. The molecule has 18 heavy (non-hydrogen) atoms. The molecule has 0 saturated carbocycles. The first-order valence-electron chi connectivity index (χ1n) is 6.35. The van der Waals surface area contributed by atoms with Gasteiger partial charge in [0.25, 0.3) is 0 Å². The van der Waals surface area contributed by atoms with E-state index in [-0.39, 0.29) is 0 Å². The largest absolute Gasteiger partial charge is 0.354 e. The van der Waals surface area contributed by atoms with E-state index in [1.165, 1.54) is 0 Å². The van der Waals surface area contributed by atoms with Crippen LogP contribution in [0.15, 0.2) is 18.6 Å². The maximum atomic E-state index is 4.56. The van der Waals surface area contributed by atoms with Gasteiger partial charge in [-0.25, -0.2) is 15.0 Å². The van der Waals surface area contributed by atoms with Crippen molar-refractivity contribution in [3.63, 3.8) is 0 Å². The fourth-order valence-corrected chi connectivity index (χ4v) is 1.77. The Morgan fingerprint density at radius 1 is 1.28 bits per heavy atom. The first kappa shape index (κ1) is 12.5. The number of nitrogens with zero attached hydrogens (tertiary/aromatic N) is 4. The monoisotopic (exact) mass is 245 g/mol. The van der Waals surface area contributed by atoms with Crippen LogP contribution in [-0.4, -0.2) is 26.1 Å². The van der Waals surface area contributed by atoms with Crippen LogP contribution in [-0.2, 0) is 6.54 Å². The molecule has 5 heteroatoms. The van der Waals surface area contributed by atoms with Crippen molar-refractivity contribution in [2.45, 2.75) is 33.7 Å². The lowest BCUT2D eigenvalue weighted by molar-refractivity contribution is 0.766. The van der Waals surface area contributed by atoms with Crippen molar-refractivity contribution in [2.24, 2.45) is 0 Å². The summed E-state index contributed by atoms with van der Waals surface area (Å²) in [4.78, 5) is 13.2. The number of rotatable bonds is 5. The molecule has 2 rings (SSSR count). The Hall–Kier alpha value is -1.91. The highest BCUT2D eigenvalue weighted by Crippen LogP contribution is 2.20. The summed E-state index contributed by atoms with van der Waals surface area (Å²) in [6.07, 6.45) is 6.67. The molecule has 0 atom stereocenters. The number of anilines is 1. The van der Waals surface area contributed by atoms with E-state index in [2.05, 4.69) is 38.7 Å². The maximum absolute atomic E-state index is 4.56. The zero-order valence-electron chi connectivity index (χ0n) is 11.1. The SMILES string of the molecule is CCCNc1ncc(C)c(-c2nccn2CC)n1. The molecule has 0 aliphatic heterocycles. The van der Waals surface area contributed by atoms with E-state index in [1.807, 2.05) is 19.3 Å². The average Bonchev–Trinajstić information content (AvgIpc) is 2.86. The number of hydrogen-bond acceptors (Lipinski definition) is 4. The molecule has 0 unspecified atom stereocenters. The molecule has 0 radical (unpaired) electrons. The fourth-order valence-electron chi connectivity index (χ4n) is 1.77. The minimum atomic E-state index is 0.670. The number of imidazole rings is 1. The van der Waals surface area contributed by atoms with Crippen molar-refractivity contribution >= 4 is 5.95 Å². The summed E-state index contributed by atoms with van der Waals surface area (Å²) >= 11 is 0. The molecular formula is C13H19N5. The second-order valence-corrected chi connectivity index (χ2v) is 4.19. The predicted octanol–water partition coefficient (Wildman–Crippen LogP) is 2.49. The first-order valence-corrected chi connectivity index (χ1v) is 6.35. The molecule has 0 spiro atoms. The highest BCUT2D eigenvalue weighted by Gasteiger charge is 2.11. The third-order valence-electron chi connectivity index (χ3n) is 2.77. The molecule has 96 valence electrons. The van der Waals surface area contributed by atoms with Crippen LogP contribution in [0.1, 0.15) is 25.8 Å². The van der Waals surface area contributed by atoms with Gasteiger partial charge in [-0.15, -0.1) is 0 Å². The third-order valence-corrected chi connectivity index (χ3v) is 2.77. The number of nitrogens with one attached hydrogen (secondary N) is 1. The minimum absolute atomic E-state index is 0.670. The van der Waals surface area contributed by atoms with Gasteiger partial charge in [0, 0.05) is 31.7 Å². The second kappa shape index (κ2) is 5.62. The van der Waals surface area contributed by atoms with Crippen LogP contribution in [0.25, 0.3) is 11.5 Å². The van der Waals surface area contributed by atoms with Gasteiger partial charge in [-0.3, -0.25) is 0 Å². The van der Waals surface area contributed by atoms with Gasteiger partial charge in [0.2, 0.25) is 5.95 Å². The zero-order chi connectivity index (χ0) is 13.0. The van der Waals surface area contributed by atoms with E-state index in [4.69, 9.17) is 0 Å². The van der Waals surface area contributed by atoms with Gasteiger partial charge in [-0.05, 0) is 25.8 Å². The molecule has 0 saturated heterocycles. The number of aromatic nitrogens is 4. The Kier molecular flexibility index (Phi) is 3.92. The molecule has 0 aliphatic rings.